The lowest BCUT2D eigenvalue weighted by Crippen LogP contribution is -2.05. The molecule has 0 aliphatic heterocycles. The summed E-state index contributed by atoms with van der Waals surface area (Å²) in [5.74, 6) is 0.789. The molecule has 0 bridgehead atoms. The van der Waals surface area contributed by atoms with Crippen LogP contribution in [0.15, 0.2) is 72.8 Å². The van der Waals surface area contributed by atoms with Crippen LogP contribution < -0.4 is 10.1 Å². The fraction of sp³-hybridized carbons (Fsp3) is 0.0833. The quantitative estimate of drug-likeness (QED) is 0.300. The highest BCUT2D eigenvalue weighted by molar-refractivity contribution is 6.42. The molecule has 0 fully saturated rings. The van der Waals surface area contributed by atoms with Crippen LogP contribution in [-0.2, 0) is 13.2 Å². The van der Waals surface area contributed by atoms with Gasteiger partial charge >= 0.3 is 0 Å². The number of halogens is 4. The van der Waals surface area contributed by atoms with E-state index < -0.39 is 0 Å². The second-order valence-electron chi connectivity index (χ2n) is 6.78. The van der Waals surface area contributed by atoms with Gasteiger partial charge in [0.1, 0.15) is 12.4 Å². The van der Waals surface area contributed by atoms with Crippen molar-refractivity contribution in [2.75, 3.05) is 5.32 Å². The van der Waals surface area contributed by atoms with Crippen LogP contribution in [-0.4, -0.2) is 0 Å². The van der Waals surface area contributed by atoms with Gasteiger partial charge < -0.3 is 10.1 Å². The first-order valence-corrected chi connectivity index (χ1v) is 10.8. The van der Waals surface area contributed by atoms with Gasteiger partial charge in [0.2, 0.25) is 0 Å². The van der Waals surface area contributed by atoms with Crippen molar-refractivity contribution < 1.29 is 4.74 Å². The molecule has 0 aliphatic rings. The summed E-state index contributed by atoms with van der Waals surface area (Å²) in [6, 6.07) is 23.1. The van der Waals surface area contributed by atoms with E-state index >= 15 is 0 Å². The van der Waals surface area contributed by atoms with E-state index in [4.69, 9.17) is 51.1 Å². The number of anilines is 1. The lowest BCUT2D eigenvalue weighted by Gasteiger charge is -2.16. The van der Waals surface area contributed by atoms with E-state index in [1.807, 2.05) is 36.4 Å². The summed E-state index contributed by atoms with van der Waals surface area (Å²) in [5.41, 5.74) is 2.79. The zero-order valence-electron chi connectivity index (χ0n) is 15.8. The Kier molecular flexibility index (Phi) is 6.60. The Morgan fingerprint density at radius 3 is 2.37 bits per heavy atom. The van der Waals surface area contributed by atoms with Crippen LogP contribution in [0.2, 0.25) is 20.1 Å². The van der Waals surface area contributed by atoms with Crippen LogP contribution in [0.3, 0.4) is 0 Å². The molecule has 0 aromatic heterocycles. The van der Waals surface area contributed by atoms with Crippen molar-refractivity contribution in [3.8, 4) is 5.75 Å². The van der Waals surface area contributed by atoms with Gasteiger partial charge in [0.15, 0.2) is 0 Å². The van der Waals surface area contributed by atoms with Crippen molar-refractivity contribution in [3.05, 3.63) is 104 Å². The van der Waals surface area contributed by atoms with Crippen molar-refractivity contribution in [2.45, 2.75) is 13.2 Å². The highest BCUT2D eigenvalue weighted by Gasteiger charge is 2.11. The van der Waals surface area contributed by atoms with Crippen LogP contribution in [0.4, 0.5) is 5.69 Å². The van der Waals surface area contributed by atoms with Crippen LogP contribution in [0.5, 0.6) is 5.75 Å². The minimum atomic E-state index is 0.379. The summed E-state index contributed by atoms with van der Waals surface area (Å²) in [7, 11) is 0. The molecule has 0 saturated carbocycles. The maximum atomic E-state index is 6.32. The molecule has 4 rings (SSSR count). The SMILES string of the molecule is Clc1ccc(NCc2c(OCc3ccc(Cl)c(Cl)c3)ccc3ccccc23)c(Cl)c1. The first-order valence-electron chi connectivity index (χ1n) is 9.27. The fourth-order valence-electron chi connectivity index (χ4n) is 3.24. The molecule has 0 aliphatic carbocycles. The number of benzene rings is 4. The molecule has 2 nitrogen and oxygen atoms in total. The average Bonchev–Trinajstić information content (AvgIpc) is 2.74. The third kappa shape index (κ3) is 4.79. The predicted octanol–water partition coefficient (Wildman–Crippen LogP) is 8.64. The largest absolute Gasteiger partial charge is 0.489 e. The third-order valence-corrected chi connectivity index (χ3v) is 6.05. The first kappa shape index (κ1) is 21.1. The van der Waals surface area contributed by atoms with Crippen LogP contribution in [0.25, 0.3) is 10.8 Å². The Morgan fingerprint density at radius 2 is 1.57 bits per heavy atom. The number of rotatable bonds is 6. The highest BCUT2D eigenvalue weighted by Crippen LogP contribution is 2.32. The summed E-state index contributed by atoms with van der Waals surface area (Å²) in [6.45, 7) is 0.920. The van der Waals surface area contributed by atoms with E-state index in [0.717, 1.165) is 33.3 Å². The second kappa shape index (κ2) is 9.36. The Balaban J connectivity index is 1.62. The fourth-order valence-corrected chi connectivity index (χ4v) is 4.04. The maximum Gasteiger partial charge on any atom is 0.125 e. The van der Waals surface area contributed by atoms with Gasteiger partial charge in [-0.3, -0.25) is 0 Å². The lowest BCUT2D eigenvalue weighted by molar-refractivity contribution is 0.304. The Morgan fingerprint density at radius 1 is 0.733 bits per heavy atom. The molecule has 0 saturated heterocycles. The van der Waals surface area contributed by atoms with E-state index in [-0.39, 0.29) is 0 Å². The molecule has 0 unspecified atom stereocenters. The van der Waals surface area contributed by atoms with Gasteiger partial charge in [-0.05, 0) is 52.7 Å². The first-order chi connectivity index (χ1) is 14.5. The van der Waals surface area contributed by atoms with E-state index in [1.165, 1.54) is 0 Å². The summed E-state index contributed by atoms with van der Waals surface area (Å²) in [5, 5.41) is 7.85. The summed E-state index contributed by atoms with van der Waals surface area (Å²) < 4.78 is 6.17. The summed E-state index contributed by atoms with van der Waals surface area (Å²) in [4.78, 5) is 0. The van der Waals surface area contributed by atoms with Gasteiger partial charge in [-0.25, -0.2) is 0 Å². The van der Waals surface area contributed by atoms with Crippen LogP contribution >= 0.6 is 46.4 Å². The maximum absolute atomic E-state index is 6.32. The molecule has 30 heavy (non-hydrogen) atoms. The standard InChI is InChI=1S/C24H17Cl4NO/c25-17-7-9-23(22(28)12-17)29-13-19-18-4-2-1-3-16(18)6-10-24(19)30-14-15-5-8-20(26)21(27)11-15/h1-12,29H,13-14H2. The van der Waals surface area contributed by atoms with Gasteiger partial charge in [0, 0.05) is 17.1 Å². The summed E-state index contributed by atoms with van der Waals surface area (Å²) in [6.07, 6.45) is 0. The van der Waals surface area contributed by atoms with Gasteiger partial charge in [0.05, 0.1) is 20.8 Å². The molecule has 0 radical (unpaired) electrons. The lowest BCUT2D eigenvalue weighted by atomic mass is 10.0. The highest BCUT2D eigenvalue weighted by atomic mass is 35.5. The van der Waals surface area contributed by atoms with E-state index in [9.17, 15) is 0 Å². The van der Waals surface area contributed by atoms with Gasteiger partial charge in [-0.15, -0.1) is 0 Å². The molecule has 152 valence electrons. The molecule has 0 heterocycles. The zero-order valence-corrected chi connectivity index (χ0v) is 18.8. The van der Waals surface area contributed by atoms with Crippen LogP contribution in [0, 0.1) is 0 Å². The number of hydrogen-bond donors (Lipinski definition) is 1. The van der Waals surface area contributed by atoms with Crippen molar-refractivity contribution >= 4 is 62.9 Å². The predicted molar refractivity (Wildman–Crippen MR) is 129 cm³/mol. The Hall–Kier alpha value is -2.10. The second-order valence-corrected chi connectivity index (χ2v) is 8.44. The Labute approximate surface area is 195 Å². The topological polar surface area (TPSA) is 21.3 Å². The number of ether oxygens (including phenoxy) is 1. The molecule has 1 N–H and O–H groups in total. The third-order valence-electron chi connectivity index (χ3n) is 4.76. The van der Waals surface area contributed by atoms with E-state index in [2.05, 4.69) is 23.5 Å². The molecule has 4 aromatic rings. The smallest absolute Gasteiger partial charge is 0.125 e. The molecular formula is C24H17Cl4NO. The van der Waals surface area contributed by atoms with Crippen LogP contribution in [0.1, 0.15) is 11.1 Å². The minimum Gasteiger partial charge on any atom is -0.489 e. The minimum absolute atomic E-state index is 0.379. The molecule has 6 heteroatoms. The molecular weight excluding hydrogens is 460 g/mol. The van der Waals surface area contributed by atoms with Gasteiger partial charge in [0.25, 0.3) is 0 Å². The van der Waals surface area contributed by atoms with Crippen molar-refractivity contribution in [1.82, 2.24) is 0 Å². The monoisotopic (exact) mass is 475 g/mol. The average molecular weight is 477 g/mol. The summed E-state index contributed by atoms with van der Waals surface area (Å²) >= 11 is 24.5. The molecule has 4 aromatic carbocycles. The van der Waals surface area contributed by atoms with Crippen molar-refractivity contribution in [1.29, 1.82) is 0 Å². The molecule has 0 spiro atoms. The normalized spacial score (nSPS) is 10.9. The number of fused-ring (bicyclic) bond motifs is 1. The zero-order chi connectivity index (χ0) is 21.1. The molecule has 0 amide bonds. The van der Waals surface area contributed by atoms with Gasteiger partial charge in [-0.2, -0.15) is 0 Å². The molecule has 0 atom stereocenters. The number of hydrogen-bond acceptors (Lipinski definition) is 2. The number of nitrogens with one attached hydrogen (secondary N) is 1. The van der Waals surface area contributed by atoms with Crippen molar-refractivity contribution in [3.63, 3.8) is 0 Å². The van der Waals surface area contributed by atoms with E-state index in [1.54, 1.807) is 18.2 Å². The van der Waals surface area contributed by atoms with Gasteiger partial charge in [-0.1, -0.05) is 82.8 Å². The van der Waals surface area contributed by atoms with Crippen molar-refractivity contribution in [2.24, 2.45) is 0 Å². The Bertz CT molecular complexity index is 1210. The van der Waals surface area contributed by atoms with E-state index in [0.29, 0.717) is 33.2 Å².